The number of hydrogen-bond acceptors (Lipinski definition) is 5. The van der Waals surface area contributed by atoms with Gasteiger partial charge in [0.1, 0.15) is 5.75 Å². The molecule has 0 unspecified atom stereocenters. The molecule has 0 saturated carbocycles. The monoisotopic (exact) mass is 409 g/mol. The van der Waals surface area contributed by atoms with Gasteiger partial charge in [0.25, 0.3) is 0 Å². The SMILES string of the molecule is COc1ccc(CN2C[C@@H]3c4cc(-c5cnn(C)c5)ccc4S(=O)(=O)[C@@H]3C2)cc1. The van der Waals surface area contributed by atoms with Crippen molar-refractivity contribution in [1.82, 2.24) is 14.7 Å². The average Bonchev–Trinajstić information content (AvgIpc) is 3.39. The van der Waals surface area contributed by atoms with Crippen LogP contribution in [0.4, 0.5) is 0 Å². The molecule has 1 aromatic heterocycles. The van der Waals surface area contributed by atoms with Crippen molar-refractivity contribution in [3.8, 4) is 16.9 Å². The number of hydrogen-bond donors (Lipinski definition) is 0. The highest BCUT2D eigenvalue weighted by molar-refractivity contribution is 7.92. The molecule has 1 saturated heterocycles. The summed E-state index contributed by atoms with van der Waals surface area (Å²) in [7, 11) is 0.237. The summed E-state index contributed by atoms with van der Waals surface area (Å²) in [6.45, 7) is 2.06. The van der Waals surface area contributed by atoms with Crippen LogP contribution in [0.5, 0.6) is 5.75 Å². The van der Waals surface area contributed by atoms with Crippen LogP contribution in [0.1, 0.15) is 17.0 Å². The van der Waals surface area contributed by atoms with Crippen LogP contribution in [-0.2, 0) is 23.4 Å². The Kier molecular flexibility index (Phi) is 4.26. The van der Waals surface area contributed by atoms with Gasteiger partial charge in [0.2, 0.25) is 0 Å². The lowest BCUT2D eigenvalue weighted by molar-refractivity contribution is 0.325. The standard InChI is InChI=1S/C22H23N3O3S/c1-24-12-17(10-23-24)16-5-8-21-19(9-16)20-13-25(14-22(20)29(21,26)27)11-15-3-6-18(28-2)7-4-15/h3-10,12,20,22H,11,13-14H2,1-2H3/t20-,22-/m1/s1. The fraction of sp³-hybridized carbons (Fsp3) is 0.318. The zero-order valence-corrected chi connectivity index (χ0v) is 17.3. The van der Waals surface area contributed by atoms with E-state index in [1.165, 1.54) is 0 Å². The Morgan fingerprint density at radius 3 is 2.59 bits per heavy atom. The van der Waals surface area contributed by atoms with Gasteiger partial charge in [0.15, 0.2) is 9.84 Å². The Hall–Kier alpha value is -2.64. The molecule has 150 valence electrons. The smallest absolute Gasteiger partial charge is 0.183 e. The number of aromatic nitrogens is 2. The Morgan fingerprint density at radius 2 is 1.90 bits per heavy atom. The van der Waals surface area contributed by atoms with Crippen molar-refractivity contribution < 1.29 is 13.2 Å². The summed E-state index contributed by atoms with van der Waals surface area (Å²) >= 11 is 0. The van der Waals surface area contributed by atoms with Crippen LogP contribution in [-0.4, -0.2) is 48.5 Å². The number of rotatable bonds is 4. The second kappa shape index (κ2) is 6.71. The molecule has 5 rings (SSSR count). The first kappa shape index (κ1) is 18.4. The number of likely N-dealkylation sites (tertiary alicyclic amines) is 1. The molecule has 2 aromatic carbocycles. The van der Waals surface area contributed by atoms with Gasteiger partial charge in [-0.1, -0.05) is 18.2 Å². The second-order valence-corrected chi connectivity index (χ2v) is 10.0. The van der Waals surface area contributed by atoms with Gasteiger partial charge in [-0.05, 0) is 41.0 Å². The minimum absolute atomic E-state index is 0.0184. The molecule has 0 bridgehead atoms. The third kappa shape index (κ3) is 3.05. The molecular weight excluding hydrogens is 386 g/mol. The third-order valence-corrected chi connectivity index (χ3v) is 8.32. The fourth-order valence-corrected chi connectivity index (χ4v) is 6.79. The largest absolute Gasteiger partial charge is 0.497 e. The van der Waals surface area contributed by atoms with E-state index in [1.54, 1.807) is 17.9 Å². The van der Waals surface area contributed by atoms with Crippen LogP contribution in [0.3, 0.4) is 0 Å². The lowest BCUT2D eigenvalue weighted by Gasteiger charge is -2.17. The van der Waals surface area contributed by atoms with E-state index in [0.29, 0.717) is 11.4 Å². The van der Waals surface area contributed by atoms with E-state index in [2.05, 4.69) is 10.00 Å². The highest BCUT2D eigenvalue weighted by atomic mass is 32.2. The van der Waals surface area contributed by atoms with Gasteiger partial charge in [0, 0.05) is 44.4 Å². The summed E-state index contributed by atoms with van der Waals surface area (Å²) in [6, 6.07) is 13.7. The number of methoxy groups -OCH3 is 1. The molecule has 0 N–H and O–H groups in total. The minimum Gasteiger partial charge on any atom is -0.497 e. The molecule has 7 heteroatoms. The number of aryl methyl sites for hydroxylation is 1. The maximum absolute atomic E-state index is 13.1. The second-order valence-electron chi connectivity index (χ2n) is 7.89. The summed E-state index contributed by atoms with van der Waals surface area (Å²) in [5.41, 5.74) is 4.13. The lowest BCUT2D eigenvalue weighted by atomic mass is 9.95. The van der Waals surface area contributed by atoms with E-state index in [-0.39, 0.29) is 11.2 Å². The number of fused-ring (bicyclic) bond motifs is 3. The first-order valence-corrected chi connectivity index (χ1v) is 11.2. The van der Waals surface area contributed by atoms with E-state index >= 15 is 0 Å². The van der Waals surface area contributed by atoms with Crippen LogP contribution < -0.4 is 4.74 Å². The van der Waals surface area contributed by atoms with Gasteiger partial charge in [-0.2, -0.15) is 5.10 Å². The van der Waals surface area contributed by atoms with Crippen LogP contribution in [0.2, 0.25) is 0 Å². The van der Waals surface area contributed by atoms with Gasteiger partial charge in [0.05, 0.1) is 23.5 Å². The molecule has 6 nitrogen and oxygen atoms in total. The maximum Gasteiger partial charge on any atom is 0.183 e. The summed E-state index contributed by atoms with van der Waals surface area (Å²) in [5.74, 6) is 0.844. The normalized spacial score (nSPS) is 22.4. The lowest BCUT2D eigenvalue weighted by Crippen LogP contribution is -2.25. The molecule has 0 amide bonds. The van der Waals surface area contributed by atoms with E-state index < -0.39 is 9.84 Å². The van der Waals surface area contributed by atoms with E-state index in [4.69, 9.17) is 4.74 Å². The maximum atomic E-state index is 13.1. The predicted octanol–water partition coefficient (Wildman–Crippen LogP) is 2.85. The van der Waals surface area contributed by atoms with Crippen LogP contribution in [0, 0.1) is 0 Å². The van der Waals surface area contributed by atoms with Gasteiger partial charge in [-0.15, -0.1) is 0 Å². The molecule has 1 fully saturated rings. The highest BCUT2D eigenvalue weighted by Gasteiger charge is 2.50. The van der Waals surface area contributed by atoms with Crippen molar-refractivity contribution in [2.75, 3.05) is 20.2 Å². The molecule has 0 spiro atoms. The summed E-state index contributed by atoms with van der Waals surface area (Å²) < 4.78 is 33.3. The first-order chi connectivity index (χ1) is 14.0. The van der Waals surface area contributed by atoms with Crippen LogP contribution >= 0.6 is 0 Å². The van der Waals surface area contributed by atoms with Crippen molar-refractivity contribution in [3.63, 3.8) is 0 Å². The number of ether oxygens (including phenoxy) is 1. The number of nitrogens with zero attached hydrogens (tertiary/aromatic N) is 3. The van der Waals surface area contributed by atoms with Crippen LogP contribution in [0.15, 0.2) is 59.8 Å². The van der Waals surface area contributed by atoms with E-state index in [1.807, 2.05) is 55.8 Å². The van der Waals surface area contributed by atoms with Gasteiger partial charge < -0.3 is 4.74 Å². The molecule has 2 aliphatic rings. The molecule has 29 heavy (non-hydrogen) atoms. The zero-order valence-electron chi connectivity index (χ0n) is 16.4. The van der Waals surface area contributed by atoms with Gasteiger partial charge >= 0.3 is 0 Å². The molecule has 3 aromatic rings. The summed E-state index contributed by atoms with van der Waals surface area (Å²) in [4.78, 5) is 2.75. The van der Waals surface area contributed by atoms with Crippen molar-refractivity contribution in [2.24, 2.45) is 7.05 Å². The van der Waals surface area contributed by atoms with Crippen molar-refractivity contribution >= 4 is 9.84 Å². The van der Waals surface area contributed by atoms with E-state index in [9.17, 15) is 8.42 Å². The average molecular weight is 410 g/mol. The summed E-state index contributed by atoms with van der Waals surface area (Å²) in [6.07, 6.45) is 3.76. The molecular formula is C22H23N3O3S. The molecule has 0 radical (unpaired) electrons. The Labute approximate surface area is 170 Å². The highest BCUT2D eigenvalue weighted by Crippen LogP contribution is 2.46. The van der Waals surface area contributed by atoms with E-state index in [0.717, 1.165) is 41.1 Å². The first-order valence-electron chi connectivity index (χ1n) is 9.68. The third-order valence-electron chi connectivity index (χ3n) is 6.06. The molecule has 2 aliphatic heterocycles. The Morgan fingerprint density at radius 1 is 1.10 bits per heavy atom. The zero-order chi connectivity index (χ0) is 20.2. The van der Waals surface area contributed by atoms with Crippen molar-refractivity contribution in [1.29, 1.82) is 0 Å². The Balaban J connectivity index is 1.43. The fourth-order valence-electron chi connectivity index (χ4n) is 4.59. The Bertz CT molecular complexity index is 1170. The molecule has 2 atom stereocenters. The summed E-state index contributed by atoms with van der Waals surface area (Å²) in [5, 5.41) is 3.87. The van der Waals surface area contributed by atoms with Crippen molar-refractivity contribution in [3.05, 3.63) is 66.0 Å². The topological polar surface area (TPSA) is 64.4 Å². The van der Waals surface area contributed by atoms with Gasteiger partial charge in [-0.25, -0.2) is 8.42 Å². The van der Waals surface area contributed by atoms with Crippen LogP contribution in [0.25, 0.3) is 11.1 Å². The predicted molar refractivity (Wildman–Crippen MR) is 111 cm³/mol. The minimum atomic E-state index is -3.30. The number of sulfone groups is 1. The van der Waals surface area contributed by atoms with Crippen molar-refractivity contribution in [2.45, 2.75) is 22.6 Å². The molecule has 3 heterocycles. The quantitative estimate of drug-likeness (QED) is 0.663. The number of benzene rings is 2. The molecule has 0 aliphatic carbocycles. The van der Waals surface area contributed by atoms with Gasteiger partial charge in [-0.3, -0.25) is 9.58 Å².